The van der Waals surface area contributed by atoms with Gasteiger partial charge in [-0.05, 0) is 18.2 Å². The largest absolute Gasteiger partial charge is 0.353 e. The summed E-state index contributed by atoms with van der Waals surface area (Å²) in [4.78, 5) is 23.3. The van der Waals surface area contributed by atoms with Crippen molar-refractivity contribution in [2.24, 2.45) is 0 Å². The number of anilines is 1. The topological polar surface area (TPSA) is 88.1 Å². The molecule has 1 saturated heterocycles. The van der Waals surface area contributed by atoms with Crippen molar-refractivity contribution in [3.05, 3.63) is 42.7 Å². The number of piperazine rings is 1. The molecule has 0 aliphatic carbocycles. The van der Waals surface area contributed by atoms with Gasteiger partial charge in [0.25, 0.3) is 0 Å². The van der Waals surface area contributed by atoms with Crippen LogP contribution in [0.15, 0.2) is 42.7 Å². The van der Waals surface area contributed by atoms with Crippen LogP contribution in [0.5, 0.6) is 0 Å². The summed E-state index contributed by atoms with van der Waals surface area (Å²) in [6.45, 7) is 0.438. The molecular weight excluding hydrogens is 270 g/mol. The van der Waals surface area contributed by atoms with E-state index < -0.39 is 6.04 Å². The fraction of sp³-hybridized carbons (Fsp3) is 0.214. The Kier molecular flexibility index (Phi) is 3.65. The summed E-state index contributed by atoms with van der Waals surface area (Å²) in [6.07, 6.45) is 3.49. The number of hydrogen-bond acceptors (Lipinski definition) is 4. The Labute approximate surface area is 121 Å². The second-order valence-corrected chi connectivity index (χ2v) is 4.69. The van der Waals surface area contributed by atoms with Gasteiger partial charge in [0.05, 0.1) is 17.9 Å². The molecule has 21 heavy (non-hydrogen) atoms. The van der Waals surface area contributed by atoms with Gasteiger partial charge in [-0.15, -0.1) is 0 Å². The van der Waals surface area contributed by atoms with E-state index in [0.717, 1.165) is 5.69 Å². The standard InChI is InChI=1S/C14H15N5O2/c20-13-9-15-11(8-16-13)14(21)18-10-4-1-2-5-12(10)19-7-3-6-17-19/h1-7,11,15H,8-9H2,(H,16,20)(H,18,21). The molecule has 0 bridgehead atoms. The Balaban J connectivity index is 1.76. The van der Waals surface area contributed by atoms with Crippen LogP contribution in [-0.2, 0) is 9.59 Å². The molecule has 7 heteroatoms. The number of para-hydroxylation sites is 2. The van der Waals surface area contributed by atoms with Gasteiger partial charge < -0.3 is 10.6 Å². The fourth-order valence-corrected chi connectivity index (χ4v) is 2.16. The Bertz CT molecular complexity index is 643. The van der Waals surface area contributed by atoms with Crippen molar-refractivity contribution in [3.63, 3.8) is 0 Å². The Morgan fingerprint density at radius 2 is 2.19 bits per heavy atom. The fourth-order valence-electron chi connectivity index (χ4n) is 2.16. The van der Waals surface area contributed by atoms with E-state index in [1.807, 2.05) is 36.5 Å². The van der Waals surface area contributed by atoms with Crippen molar-refractivity contribution in [1.82, 2.24) is 20.4 Å². The van der Waals surface area contributed by atoms with Crippen LogP contribution >= 0.6 is 0 Å². The van der Waals surface area contributed by atoms with Gasteiger partial charge in [0.2, 0.25) is 11.8 Å². The maximum absolute atomic E-state index is 12.2. The second-order valence-electron chi connectivity index (χ2n) is 4.69. The first-order chi connectivity index (χ1) is 10.2. The molecular formula is C14H15N5O2. The zero-order valence-electron chi connectivity index (χ0n) is 11.2. The molecule has 2 heterocycles. The van der Waals surface area contributed by atoms with Crippen LogP contribution < -0.4 is 16.0 Å². The minimum absolute atomic E-state index is 0.101. The van der Waals surface area contributed by atoms with E-state index in [4.69, 9.17) is 0 Å². The van der Waals surface area contributed by atoms with Gasteiger partial charge in [-0.1, -0.05) is 12.1 Å². The number of carbonyl (C=O) groups excluding carboxylic acids is 2. The number of nitrogens with zero attached hydrogens (tertiary/aromatic N) is 2. The molecule has 3 rings (SSSR count). The van der Waals surface area contributed by atoms with E-state index in [0.29, 0.717) is 5.69 Å². The molecule has 1 unspecified atom stereocenters. The van der Waals surface area contributed by atoms with Crippen LogP contribution in [0.4, 0.5) is 5.69 Å². The highest BCUT2D eigenvalue weighted by Gasteiger charge is 2.24. The Morgan fingerprint density at radius 1 is 1.33 bits per heavy atom. The third-order valence-electron chi connectivity index (χ3n) is 3.24. The third kappa shape index (κ3) is 2.92. The van der Waals surface area contributed by atoms with Crippen molar-refractivity contribution in [1.29, 1.82) is 0 Å². The minimum Gasteiger partial charge on any atom is -0.353 e. The zero-order chi connectivity index (χ0) is 14.7. The SMILES string of the molecule is O=C1CNC(C(=O)Nc2ccccc2-n2cccn2)CN1. The summed E-state index contributed by atoms with van der Waals surface area (Å²) in [5.41, 5.74) is 1.46. The van der Waals surface area contributed by atoms with Crippen LogP contribution in [0.25, 0.3) is 5.69 Å². The molecule has 2 amide bonds. The number of nitrogens with one attached hydrogen (secondary N) is 3. The molecule has 2 aromatic rings. The van der Waals surface area contributed by atoms with Crippen molar-refractivity contribution in [2.75, 3.05) is 18.4 Å². The van der Waals surface area contributed by atoms with Gasteiger partial charge in [0.15, 0.2) is 0 Å². The molecule has 3 N–H and O–H groups in total. The average molecular weight is 285 g/mol. The first kappa shape index (κ1) is 13.3. The van der Waals surface area contributed by atoms with E-state index in [2.05, 4.69) is 21.0 Å². The minimum atomic E-state index is -0.437. The monoisotopic (exact) mass is 285 g/mol. The summed E-state index contributed by atoms with van der Waals surface area (Å²) in [5, 5.41) is 12.6. The Hall–Kier alpha value is -2.67. The summed E-state index contributed by atoms with van der Waals surface area (Å²) < 4.78 is 1.69. The first-order valence-electron chi connectivity index (χ1n) is 6.64. The lowest BCUT2D eigenvalue weighted by Crippen LogP contribution is -2.56. The highest BCUT2D eigenvalue weighted by Crippen LogP contribution is 2.19. The molecule has 1 aromatic carbocycles. The van der Waals surface area contributed by atoms with Crippen molar-refractivity contribution >= 4 is 17.5 Å². The summed E-state index contributed by atoms with van der Waals surface area (Å²) >= 11 is 0. The summed E-state index contributed by atoms with van der Waals surface area (Å²) in [7, 11) is 0. The van der Waals surface area contributed by atoms with Gasteiger partial charge in [0.1, 0.15) is 6.04 Å². The van der Waals surface area contributed by atoms with Crippen molar-refractivity contribution in [3.8, 4) is 5.69 Å². The lowest BCUT2D eigenvalue weighted by atomic mass is 10.2. The number of amides is 2. The molecule has 0 spiro atoms. The van der Waals surface area contributed by atoms with E-state index in [-0.39, 0.29) is 24.9 Å². The molecule has 1 aromatic heterocycles. The number of hydrogen-bond donors (Lipinski definition) is 3. The van der Waals surface area contributed by atoms with Crippen molar-refractivity contribution in [2.45, 2.75) is 6.04 Å². The van der Waals surface area contributed by atoms with Crippen LogP contribution in [-0.4, -0.2) is 40.7 Å². The highest BCUT2D eigenvalue weighted by molar-refractivity contribution is 5.97. The molecule has 0 radical (unpaired) electrons. The molecule has 1 fully saturated rings. The molecule has 7 nitrogen and oxygen atoms in total. The second kappa shape index (κ2) is 5.76. The molecule has 108 valence electrons. The Morgan fingerprint density at radius 3 is 2.90 bits per heavy atom. The molecule has 0 saturated carbocycles. The van der Waals surface area contributed by atoms with Crippen molar-refractivity contribution < 1.29 is 9.59 Å². The van der Waals surface area contributed by atoms with E-state index in [9.17, 15) is 9.59 Å². The first-order valence-corrected chi connectivity index (χ1v) is 6.64. The number of benzene rings is 1. The third-order valence-corrected chi connectivity index (χ3v) is 3.24. The normalized spacial score (nSPS) is 18.1. The van der Waals surface area contributed by atoms with E-state index in [1.165, 1.54) is 0 Å². The molecule has 1 aliphatic heterocycles. The summed E-state index contributed by atoms with van der Waals surface area (Å²) in [6, 6.07) is 8.80. The number of aromatic nitrogens is 2. The van der Waals surface area contributed by atoms with Gasteiger partial charge in [-0.25, -0.2) is 4.68 Å². The van der Waals surface area contributed by atoms with Gasteiger partial charge in [0, 0.05) is 18.9 Å². The predicted molar refractivity (Wildman–Crippen MR) is 77.0 cm³/mol. The van der Waals surface area contributed by atoms with E-state index >= 15 is 0 Å². The zero-order valence-corrected chi connectivity index (χ0v) is 11.2. The predicted octanol–water partition coefficient (Wildman–Crippen LogP) is -0.101. The number of carbonyl (C=O) groups is 2. The maximum Gasteiger partial charge on any atom is 0.243 e. The van der Waals surface area contributed by atoms with E-state index in [1.54, 1.807) is 10.9 Å². The lowest BCUT2D eigenvalue weighted by Gasteiger charge is -2.23. The highest BCUT2D eigenvalue weighted by atomic mass is 16.2. The van der Waals surface area contributed by atoms with Crippen LogP contribution in [0.3, 0.4) is 0 Å². The summed E-state index contributed by atoms with van der Waals surface area (Å²) in [5.74, 6) is -0.286. The van der Waals surface area contributed by atoms with Crippen LogP contribution in [0.1, 0.15) is 0 Å². The molecule has 1 atom stereocenters. The van der Waals surface area contributed by atoms with Gasteiger partial charge in [-0.3, -0.25) is 14.9 Å². The van der Waals surface area contributed by atoms with Gasteiger partial charge >= 0.3 is 0 Å². The average Bonchev–Trinajstić information content (AvgIpc) is 3.02. The smallest absolute Gasteiger partial charge is 0.243 e. The molecule has 1 aliphatic rings. The van der Waals surface area contributed by atoms with Crippen LogP contribution in [0.2, 0.25) is 0 Å². The van der Waals surface area contributed by atoms with Gasteiger partial charge in [-0.2, -0.15) is 5.10 Å². The van der Waals surface area contributed by atoms with Crippen LogP contribution in [0, 0.1) is 0 Å². The lowest BCUT2D eigenvalue weighted by molar-refractivity contribution is -0.124. The quantitative estimate of drug-likeness (QED) is 0.735. The number of rotatable bonds is 3. The maximum atomic E-state index is 12.2.